The molecule has 35 heavy (non-hydrogen) atoms. The topological polar surface area (TPSA) is 89.3 Å². The van der Waals surface area contributed by atoms with Gasteiger partial charge < -0.3 is 9.73 Å². The van der Waals surface area contributed by atoms with E-state index in [-0.39, 0.29) is 28.6 Å². The van der Waals surface area contributed by atoms with Crippen LogP contribution in [0.4, 0.5) is 8.78 Å². The predicted octanol–water partition coefficient (Wildman–Crippen LogP) is 5.14. The molecule has 0 saturated carbocycles. The van der Waals surface area contributed by atoms with Crippen molar-refractivity contribution >= 4 is 15.7 Å². The van der Waals surface area contributed by atoms with E-state index in [4.69, 9.17) is 4.42 Å². The molecule has 4 aromatic rings. The Bertz CT molecular complexity index is 1480. The number of nitrogens with one attached hydrogen (secondary N) is 1. The Morgan fingerprint density at radius 3 is 2.34 bits per heavy atom. The van der Waals surface area contributed by atoms with Crippen LogP contribution in [0, 0.1) is 25.5 Å². The first-order valence-electron chi connectivity index (χ1n) is 10.7. The number of carbonyl (C=O) groups is 1. The van der Waals surface area contributed by atoms with E-state index >= 15 is 0 Å². The molecule has 9 heteroatoms. The fourth-order valence-corrected chi connectivity index (χ4v) is 4.77. The van der Waals surface area contributed by atoms with E-state index < -0.39 is 27.4 Å². The highest BCUT2D eigenvalue weighted by Gasteiger charge is 2.21. The largest absolute Gasteiger partial charge is 0.441 e. The van der Waals surface area contributed by atoms with Gasteiger partial charge >= 0.3 is 0 Å². The van der Waals surface area contributed by atoms with Crippen molar-refractivity contribution in [2.24, 2.45) is 0 Å². The average Bonchev–Trinajstić information content (AvgIpc) is 3.19. The molecule has 0 aliphatic heterocycles. The number of nitrogens with zero attached hydrogens (tertiary/aromatic N) is 1. The van der Waals surface area contributed by atoms with Crippen molar-refractivity contribution in [3.8, 4) is 11.5 Å². The van der Waals surface area contributed by atoms with E-state index in [0.717, 1.165) is 11.6 Å². The Hall–Kier alpha value is -3.85. The molecule has 0 bridgehead atoms. The highest BCUT2D eigenvalue weighted by molar-refractivity contribution is 7.90. The smallest absolute Gasteiger partial charge is 0.251 e. The summed E-state index contributed by atoms with van der Waals surface area (Å²) in [6, 6.07) is 16.7. The number of hydrogen-bond acceptors (Lipinski definition) is 5. The lowest BCUT2D eigenvalue weighted by Gasteiger charge is -2.07. The number of carbonyl (C=O) groups excluding carboxylic acids is 1. The van der Waals surface area contributed by atoms with Crippen LogP contribution in [0.3, 0.4) is 0 Å². The highest BCUT2D eigenvalue weighted by Crippen LogP contribution is 2.25. The number of hydrogen-bond donors (Lipinski definition) is 1. The van der Waals surface area contributed by atoms with Gasteiger partial charge in [0.05, 0.1) is 10.6 Å². The Morgan fingerprint density at radius 1 is 0.971 bits per heavy atom. The molecule has 0 aliphatic rings. The number of aromatic nitrogens is 1. The number of sulfone groups is 1. The Labute approximate surface area is 201 Å². The molecule has 0 unspecified atom stereocenters. The van der Waals surface area contributed by atoms with Crippen LogP contribution in [0.1, 0.15) is 32.9 Å². The van der Waals surface area contributed by atoms with Crippen LogP contribution >= 0.6 is 0 Å². The van der Waals surface area contributed by atoms with Crippen LogP contribution in [0.15, 0.2) is 76.0 Å². The molecule has 4 rings (SSSR count). The summed E-state index contributed by atoms with van der Waals surface area (Å²) in [5, 5.41) is 2.55. The second-order valence-electron chi connectivity index (χ2n) is 8.07. The first-order chi connectivity index (χ1) is 16.6. The molecule has 3 aromatic carbocycles. The maximum absolute atomic E-state index is 13.8. The van der Waals surface area contributed by atoms with E-state index in [2.05, 4.69) is 10.3 Å². The first kappa shape index (κ1) is 24.3. The summed E-state index contributed by atoms with van der Waals surface area (Å²) in [6.45, 7) is 3.36. The van der Waals surface area contributed by atoms with E-state index in [9.17, 15) is 22.0 Å². The van der Waals surface area contributed by atoms with Gasteiger partial charge in [-0.25, -0.2) is 22.2 Å². The zero-order chi connectivity index (χ0) is 25.2. The first-order valence-corrected chi connectivity index (χ1v) is 12.4. The van der Waals surface area contributed by atoms with Crippen molar-refractivity contribution in [2.75, 3.05) is 0 Å². The molecule has 0 saturated heterocycles. The molecular weight excluding hydrogens is 474 g/mol. The Morgan fingerprint density at radius 2 is 1.66 bits per heavy atom. The fraction of sp³-hybridized carbons (Fsp3) is 0.154. The quantitative estimate of drug-likeness (QED) is 0.383. The third kappa shape index (κ3) is 5.46. The van der Waals surface area contributed by atoms with Gasteiger partial charge in [-0.3, -0.25) is 4.79 Å². The van der Waals surface area contributed by atoms with Crippen molar-refractivity contribution in [1.82, 2.24) is 10.3 Å². The minimum atomic E-state index is -3.60. The summed E-state index contributed by atoms with van der Waals surface area (Å²) in [5.74, 6) is -2.13. The second-order valence-corrected chi connectivity index (χ2v) is 10.1. The van der Waals surface area contributed by atoms with Crippen molar-refractivity contribution in [3.63, 3.8) is 0 Å². The zero-order valence-corrected chi connectivity index (χ0v) is 19.8. The van der Waals surface area contributed by atoms with Crippen LogP contribution in [0.5, 0.6) is 0 Å². The number of oxazole rings is 1. The molecule has 180 valence electrons. The number of amides is 1. The monoisotopic (exact) mass is 496 g/mol. The zero-order valence-electron chi connectivity index (χ0n) is 19.0. The molecule has 6 nitrogen and oxygen atoms in total. The van der Waals surface area contributed by atoms with Crippen molar-refractivity contribution in [2.45, 2.75) is 31.0 Å². The molecule has 1 N–H and O–H groups in total. The summed E-state index contributed by atoms with van der Waals surface area (Å²) < 4.78 is 58.3. The Balaban J connectivity index is 1.46. The fourth-order valence-electron chi connectivity index (χ4n) is 3.42. The average molecular weight is 497 g/mol. The molecular formula is C26H22F2N2O4S. The molecule has 1 heterocycles. The molecule has 0 aliphatic carbocycles. The maximum atomic E-state index is 13.8. The molecule has 0 spiro atoms. The minimum Gasteiger partial charge on any atom is -0.441 e. The van der Waals surface area contributed by atoms with Crippen LogP contribution in [-0.4, -0.2) is 19.3 Å². The lowest BCUT2D eigenvalue weighted by atomic mass is 10.1. The van der Waals surface area contributed by atoms with Crippen LogP contribution in [0.2, 0.25) is 0 Å². The third-order valence-corrected chi connectivity index (χ3v) is 7.11. The van der Waals surface area contributed by atoms with Crippen LogP contribution in [0.25, 0.3) is 11.5 Å². The van der Waals surface area contributed by atoms with Gasteiger partial charge in [0.1, 0.15) is 11.5 Å². The predicted molar refractivity (Wildman–Crippen MR) is 126 cm³/mol. The van der Waals surface area contributed by atoms with E-state index in [0.29, 0.717) is 22.6 Å². The van der Waals surface area contributed by atoms with Crippen LogP contribution in [-0.2, 0) is 22.1 Å². The van der Waals surface area contributed by atoms with Gasteiger partial charge in [0, 0.05) is 23.2 Å². The standard InChI is InChI=1S/C26H22F2N2O4S/c1-16-6-12-21(13-7-16)35(32,33)15-23-17(2)34-26(30-23)19-10-8-18(9-11-19)25(31)29-14-20-4-3-5-22(27)24(20)28/h3-13H,14-15H2,1-2H3,(H,29,31). The highest BCUT2D eigenvalue weighted by atomic mass is 32.2. The lowest BCUT2D eigenvalue weighted by molar-refractivity contribution is 0.0950. The van der Waals surface area contributed by atoms with Gasteiger partial charge in [-0.15, -0.1) is 0 Å². The van der Waals surface area contributed by atoms with Crippen molar-refractivity contribution in [1.29, 1.82) is 0 Å². The normalized spacial score (nSPS) is 11.4. The summed E-state index contributed by atoms with van der Waals surface area (Å²) in [7, 11) is -3.60. The van der Waals surface area contributed by atoms with Gasteiger partial charge in [0.15, 0.2) is 21.5 Å². The summed E-state index contributed by atoms with van der Waals surface area (Å²) >= 11 is 0. The summed E-state index contributed by atoms with van der Waals surface area (Å²) in [4.78, 5) is 17.0. The van der Waals surface area contributed by atoms with Gasteiger partial charge in [-0.2, -0.15) is 0 Å². The number of aryl methyl sites for hydroxylation is 2. The van der Waals surface area contributed by atoms with Gasteiger partial charge in [-0.05, 0) is 56.3 Å². The third-order valence-electron chi connectivity index (χ3n) is 5.46. The van der Waals surface area contributed by atoms with E-state index in [1.54, 1.807) is 43.3 Å². The second kappa shape index (κ2) is 9.79. The molecule has 0 radical (unpaired) electrons. The SMILES string of the molecule is Cc1ccc(S(=O)(=O)Cc2nc(-c3ccc(C(=O)NCc4cccc(F)c4F)cc3)oc2C)cc1. The summed E-state index contributed by atoms with van der Waals surface area (Å²) in [6.07, 6.45) is 0. The molecule has 1 amide bonds. The van der Waals surface area contributed by atoms with Gasteiger partial charge in [0.25, 0.3) is 5.91 Å². The van der Waals surface area contributed by atoms with Gasteiger partial charge in [0.2, 0.25) is 5.89 Å². The minimum absolute atomic E-state index is 0.0401. The van der Waals surface area contributed by atoms with Crippen molar-refractivity contribution in [3.05, 3.63) is 107 Å². The molecule has 0 atom stereocenters. The maximum Gasteiger partial charge on any atom is 0.251 e. The number of rotatable bonds is 7. The lowest BCUT2D eigenvalue weighted by Crippen LogP contribution is -2.23. The number of benzene rings is 3. The molecule has 0 fully saturated rings. The van der Waals surface area contributed by atoms with E-state index in [1.807, 2.05) is 6.92 Å². The Kier molecular flexibility index (Phi) is 6.79. The van der Waals surface area contributed by atoms with Crippen molar-refractivity contribution < 1.29 is 26.4 Å². The number of halogens is 2. The summed E-state index contributed by atoms with van der Waals surface area (Å²) in [5.41, 5.74) is 2.16. The molecule has 1 aromatic heterocycles. The van der Waals surface area contributed by atoms with E-state index in [1.165, 1.54) is 24.3 Å². The van der Waals surface area contributed by atoms with Crippen LogP contribution < -0.4 is 5.32 Å². The van der Waals surface area contributed by atoms with Gasteiger partial charge in [-0.1, -0.05) is 29.8 Å².